The summed E-state index contributed by atoms with van der Waals surface area (Å²) in [7, 11) is 0. The number of alkyl carbamates (subject to hydrolysis) is 1. The molecule has 0 radical (unpaired) electrons. The number of carbonyl (C=O) groups excluding carboxylic acids is 2. The smallest absolute Gasteiger partial charge is 0.408 e. The fourth-order valence-corrected chi connectivity index (χ4v) is 5.35. The van der Waals surface area contributed by atoms with Crippen LogP contribution in [-0.4, -0.2) is 52.7 Å². The summed E-state index contributed by atoms with van der Waals surface area (Å²) in [6, 6.07) is 16.2. The average molecular weight is 449 g/mol. The van der Waals surface area contributed by atoms with Crippen molar-refractivity contribution in [1.82, 2.24) is 10.2 Å². The Labute approximate surface area is 192 Å². The summed E-state index contributed by atoms with van der Waals surface area (Å²) in [5, 5.41) is 12.1. The van der Waals surface area contributed by atoms with Crippen LogP contribution in [0.1, 0.15) is 55.6 Å². The number of amides is 2. The first kappa shape index (κ1) is 21.5. The molecule has 0 heterocycles. The Bertz CT molecular complexity index is 1040. The van der Waals surface area contributed by atoms with Gasteiger partial charge in [0, 0.05) is 12.0 Å². The highest BCUT2D eigenvalue weighted by molar-refractivity contribution is 5.94. The van der Waals surface area contributed by atoms with Crippen LogP contribution in [0.4, 0.5) is 4.79 Å². The molecule has 0 saturated heterocycles. The monoisotopic (exact) mass is 448 g/mol. The number of hydrogen-bond acceptors (Lipinski definition) is 4. The number of hydrogen-bond donors (Lipinski definition) is 2. The molecule has 0 aliphatic heterocycles. The molecule has 0 spiro atoms. The molecular formula is C26H28N2O5. The molecule has 5 rings (SSSR count). The van der Waals surface area contributed by atoms with E-state index in [9.17, 15) is 19.5 Å². The van der Waals surface area contributed by atoms with Gasteiger partial charge >= 0.3 is 12.1 Å². The van der Waals surface area contributed by atoms with Crippen molar-refractivity contribution in [2.75, 3.05) is 13.2 Å². The van der Waals surface area contributed by atoms with Gasteiger partial charge in [0.25, 0.3) is 0 Å². The Balaban J connectivity index is 1.26. The van der Waals surface area contributed by atoms with E-state index in [0.29, 0.717) is 12.8 Å². The van der Waals surface area contributed by atoms with Gasteiger partial charge in [-0.15, -0.1) is 0 Å². The third kappa shape index (κ3) is 4.08. The summed E-state index contributed by atoms with van der Waals surface area (Å²) >= 11 is 0. The Morgan fingerprint density at radius 3 is 2.09 bits per heavy atom. The first-order chi connectivity index (χ1) is 16.0. The second kappa shape index (κ2) is 8.54. The predicted octanol–water partition coefficient (Wildman–Crippen LogP) is 3.91. The Kier molecular flexibility index (Phi) is 5.56. The first-order valence-electron chi connectivity index (χ1n) is 11.6. The minimum absolute atomic E-state index is 0.0593. The lowest BCUT2D eigenvalue weighted by Gasteiger charge is -2.31. The zero-order valence-electron chi connectivity index (χ0n) is 18.5. The third-order valence-electron chi connectivity index (χ3n) is 7.18. The SMILES string of the molecule is O=C(O)CN(C(=O)C1(NC(=O)OCC2c3ccccc3-c3ccccc32)CC1)C1CCCC1. The zero-order valence-corrected chi connectivity index (χ0v) is 18.5. The number of carboxylic acid groups (broad SMARTS) is 1. The van der Waals surface area contributed by atoms with E-state index in [1.54, 1.807) is 0 Å². The molecule has 7 heteroatoms. The van der Waals surface area contributed by atoms with Crippen LogP contribution in [0.25, 0.3) is 11.1 Å². The molecule has 172 valence electrons. The van der Waals surface area contributed by atoms with Crippen LogP contribution < -0.4 is 5.32 Å². The molecule has 0 atom stereocenters. The topological polar surface area (TPSA) is 95.9 Å². The van der Waals surface area contributed by atoms with Crippen molar-refractivity contribution in [2.45, 2.75) is 56.0 Å². The Morgan fingerprint density at radius 1 is 0.970 bits per heavy atom. The van der Waals surface area contributed by atoms with Crippen molar-refractivity contribution in [3.8, 4) is 11.1 Å². The lowest BCUT2D eigenvalue weighted by atomic mass is 9.98. The molecule has 0 bridgehead atoms. The summed E-state index contributed by atoms with van der Waals surface area (Å²) < 4.78 is 5.61. The van der Waals surface area contributed by atoms with Crippen LogP contribution in [0, 0.1) is 0 Å². The predicted molar refractivity (Wildman–Crippen MR) is 122 cm³/mol. The number of ether oxygens (including phenoxy) is 1. The van der Waals surface area contributed by atoms with Crippen LogP contribution >= 0.6 is 0 Å². The van der Waals surface area contributed by atoms with Crippen molar-refractivity contribution >= 4 is 18.0 Å². The number of aliphatic carboxylic acids is 1. The van der Waals surface area contributed by atoms with Gasteiger partial charge < -0.3 is 20.1 Å². The van der Waals surface area contributed by atoms with Gasteiger partial charge in [-0.3, -0.25) is 9.59 Å². The second-order valence-corrected chi connectivity index (χ2v) is 9.30. The van der Waals surface area contributed by atoms with E-state index >= 15 is 0 Å². The van der Waals surface area contributed by atoms with Gasteiger partial charge in [0.15, 0.2) is 0 Å². The molecule has 0 unspecified atom stereocenters. The molecule has 2 saturated carbocycles. The Morgan fingerprint density at radius 2 is 1.55 bits per heavy atom. The molecule has 2 aromatic carbocycles. The van der Waals surface area contributed by atoms with Gasteiger partial charge in [0.05, 0.1) is 0 Å². The first-order valence-corrected chi connectivity index (χ1v) is 11.6. The van der Waals surface area contributed by atoms with Gasteiger partial charge in [-0.2, -0.15) is 0 Å². The van der Waals surface area contributed by atoms with Crippen LogP contribution in [0.5, 0.6) is 0 Å². The zero-order chi connectivity index (χ0) is 23.0. The molecule has 2 fully saturated rings. The molecular weight excluding hydrogens is 420 g/mol. The number of carboxylic acids is 1. The van der Waals surface area contributed by atoms with E-state index in [-0.39, 0.29) is 31.0 Å². The van der Waals surface area contributed by atoms with Crippen molar-refractivity contribution in [2.24, 2.45) is 0 Å². The van der Waals surface area contributed by atoms with Crippen molar-refractivity contribution in [3.05, 3.63) is 59.7 Å². The second-order valence-electron chi connectivity index (χ2n) is 9.30. The standard InChI is InChI=1S/C26H28N2O5/c29-23(30)15-28(17-7-1-2-8-17)24(31)26(13-14-26)27-25(32)33-16-22-20-11-5-3-9-18(20)19-10-4-6-12-21(19)22/h3-6,9-12,17,22H,1-2,7-8,13-16H2,(H,27,32)(H,29,30). The quantitative estimate of drug-likeness (QED) is 0.670. The maximum atomic E-state index is 13.3. The van der Waals surface area contributed by atoms with Crippen molar-refractivity contribution in [1.29, 1.82) is 0 Å². The van der Waals surface area contributed by atoms with E-state index in [4.69, 9.17) is 4.74 Å². The summed E-state index contributed by atoms with van der Waals surface area (Å²) in [5.74, 6) is -1.39. The number of carbonyl (C=O) groups is 3. The minimum Gasteiger partial charge on any atom is -0.480 e. The normalized spacial score (nSPS) is 18.3. The highest BCUT2D eigenvalue weighted by Crippen LogP contribution is 2.45. The number of nitrogens with zero attached hydrogens (tertiary/aromatic N) is 1. The average Bonchev–Trinajstić information content (AvgIpc) is 3.26. The van der Waals surface area contributed by atoms with Gasteiger partial charge in [0.1, 0.15) is 18.7 Å². The van der Waals surface area contributed by atoms with Crippen LogP contribution in [0.2, 0.25) is 0 Å². The van der Waals surface area contributed by atoms with Gasteiger partial charge in [-0.1, -0.05) is 61.4 Å². The number of benzene rings is 2. The summed E-state index contributed by atoms with van der Waals surface area (Å²) in [6.45, 7) is -0.163. The molecule has 3 aliphatic rings. The van der Waals surface area contributed by atoms with Gasteiger partial charge in [-0.05, 0) is 47.9 Å². The summed E-state index contributed by atoms with van der Waals surface area (Å²) in [5.41, 5.74) is 3.50. The lowest BCUT2D eigenvalue weighted by molar-refractivity contribution is -0.147. The fourth-order valence-electron chi connectivity index (χ4n) is 5.35. The van der Waals surface area contributed by atoms with Gasteiger partial charge in [-0.25, -0.2) is 4.79 Å². The maximum Gasteiger partial charge on any atom is 0.408 e. The van der Waals surface area contributed by atoms with E-state index in [1.165, 1.54) is 4.90 Å². The highest BCUT2D eigenvalue weighted by atomic mass is 16.5. The van der Waals surface area contributed by atoms with E-state index in [1.807, 2.05) is 24.3 Å². The molecule has 7 nitrogen and oxygen atoms in total. The maximum absolute atomic E-state index is 13.3. The number of fused-ring (bicyclic) bond motifs is 3. The number of nitrogens with one attached hydrogen (secondary N) is 1. The molecule has 0 aromatic heterocycles. The molecule has 3 aliphatic carbocycles. The van der Waals surface area contributed by atoms with Crippen LogP contribution in [-0.2, 0) is 14.3 Å². The van der Waals surface area contributed by atoms with E-state index < -0.39 is 17.6 Å². The van der Waals surface area contributed by atoms with Gasteiger partial charge in [0.2, 0.25) is 5.91 Å². The van der Waals surface area contributed by atoms with Crippen molar-refractivity contribution < 1.29 is 24.2 Å². The number of rotatable bonds is 7. The highest BCUT2D eigenvalue weighted by Gasteiger charge is 2.54. The fraction of sp³-hybridized carbons (Fsp3) is 0.423. The summed E-state index contributed by atoms with van der Waals surface area (Å²) in [4.78, 5) is 38.8. The molecule has 2 aromatic rings. The van der Waals surface area contributed by atoms with Crippen molar-refractivity contribution in [3.63, 3.8) is 0 Å². The summed E-state index contributed by atoms with van der Waals surface area (Å²) in [6.07, 6.45) is 3.95. The minimum atomic E-state index is -1.04. The molecule has 2 N–H and O–H groups in total. The van der Waals surface area contributed by atoms with Crippen LogP contribution in [0.3, 0.4) is 0 Å². The third-order valence-corrected chi connectivity index (χ3v) is 7.18. The Hall–Kier alpha value is -3.35. The largest absolute Gasteiger partial charge is 0.480 e. The van der Waals surface area contributed by atoms with E-state index in [2.05, 4.69) is 29.6 Å². The molecule has 2 amide bonds. The lowest BCUT2D eigenvalue weighted by Crippen LogP contribution is -2.54. The van der Waals surface area contributed by atoms with E-state index in [0.717, 1.165) is 47.9 Å². The molecule has 33 heavy (non-hydrogen) atoms. The van der Waals surface area contributed by atoms with Crippen LogP contribution in [0.15, 0.2) is 48.5 Å².